The maximum Gasteiger partial charge on any atom is 0.322 e. The van der Waals surface area contributed by atoms with Crippen molar-refractivity contribution in [1.29, 1.82) is 0 Å². The fourth-order valence-corrected chi connectivity index (χ4v) is 2.89. The molecule has 1 fully saturated rings. The smallest absolute Gasteiger partial charge is 0.322 e. The predicted molar refractivity (Wildman–Crippen MR) is 77.2 cm³/mol. The molecular weight excluding hydrogens is 242 g/mol. The molecule has 1 saturated heterocycles. The van der Waals surface area contributed by atoms with E-state index < -0.39 is 0 Å². The molecule has 0 aromatic carbocycles. The Hall–Kier alpha value is -0.650. The van der Waals surface area contributed by atoms with Crippen LogP contribution in [-0.2, 0) is 9.53 Å². The highest BCUT2D eigenvalue weighted by Crippen LogP contribution is 2.15. The lowest BCUT2D eigenvalue weighted by atomic mass is 10.2. The number of nitrogens with zero attached hydrogens (tertiary/aromatic N) is 2. The molecular formula is C14H29N3O2. The van der Waals surface area contributed by atoms with Crippen molar-refractivity contribution in [3.05, 3.63) is 0 Å². The quantitative estimate of drug-likeness (QED) is 0.653. The van der Waals surface area contributed by atoms with Crippen LogP contribution in [0.15, 0.2) is 0 Å². The van der Waals surface area contributed by atoms with Gasteiger partial charge in [0.2, 0.25) is 0 Å². The van der Waals surface area contributed by atoms with Crippen molar-refractivity contribution < 1.29 is 9.53 Å². The average Bonchev–Trinajstić information content (AvgIpc) is 2.89. The molecule has 0 amide bonds. The summed E-state index contributed by atoms with van der Waals surface area (Å²) in [4.78, 5) is 16.5. The minimum absolute atomic E-state index is 0.165. The lowest BCUT2D eigenvalue weighted by Crippen LogP contribution is -2.40. The van der Waals surface area contributed by atoms with Crippen LogP contribution in [0.4, 0.5) is 0 Å². The van der Waals surface area contributed by atoms with Gasteiger partial charge in [-0.15, -0.1) is 0 Å². The van der Waals surface area contributed by atoms with Crippen LogP contribution in [0.25, 0.3) is 0 Å². The molecule has 0 spiro atoms. The second-order valence-corrected chi connectivity index (χ2v) is 5.12. The molecule has 1 N–H and O–H groups in total. The first kappa shape index (κ1) is 16.4. The summed E-state index contributed by atoms with van der Waals surface area (Å²) in [5.41, 5.74) is 0. The number of carbonyl (C=O) groups excluding carboxylic acids is 1. The van der Waals surface area contributed by atoms with Gasteiger partial charge in [-0.1, -0.05) is 13.8 Å². The summed E-state index contributed by atoms with van der Waals surface area (Å²) in [5, 5.41) is 3.02. The number of esters is 1. The lowest BCUT2D eigenvalue weighted by molar-refractivity contribution is -0.143. The minimum Gasteiger partial charge on any atom is -0.468 e. The molecule has 1 rings (SSSR count). The van der Waals surface area contributed by atoms with Crippen molar-refractivity contribution in [2.45, 2.75) is 38.8 Å². The van der Waals surface area contributed by atoms with E-state index in [0.29, 0.717) is 6.04 Å². The van der Waals surface area contributed by atoms with Gasteiger partial charge < -0.3 is 15.0 Å². The van der Waals surface area contributed by atoms with E-state index in [0.717, 1.165) is 39.1 Å². The lowest BCUT2D eigenvalue weighted by Gasteiger charge is -2.26. The third kappa shape index (κ3) is 4.75. The molecule has 0 aliphatic carbocycles. The Morgan fingerprint density at radius 1 is 1.47 bits per heavy atom. The summed E-state index contributed by atoms with van der Waals surface area (Å²) in [7, 11) is 3.25. The minimum atomic E-state index is -0.183. The molecule has 5 nitrogen and oxygen atoms in total. The number of carbonyl (C=O) groups is 1. The molecule has 0 saturated carbocycles. The predicted octanol–water partition coefficient (Wildman–Crippen LogP) is 0.554. The first-order valence-electron chi connectivity index (χ1n) is 7.37. The molecule has 0 aromatic rings. The highest BCUT2D eigenvalue weighted by molar-refractivity contribution is 5.75. The number of hydrogen-bond acceptors (Lipinski definition) is 5. The second kappa shape index (κ2) is 8.51. The van der Waals surface area contributed by atoms with Gasteiger partial charge in [-0.3, -0.25) is 9.69 Å². The van der Waals surface area contributed by atoms with Gasteiger partial charge in [0.1, 0.15) is 6.04 Å². The molecule has 1 aliphatic heterocycles. The Labute approximate surface area is 117 Å². The van der Waals surface area contributed by atoms with Gasteiger partial charge in [-0.2, -0.15) is 0 Å². The van der Waals surface area contributed by atoms with Crippen molar-refractivity contribution in [1.82, 2.24) is 15.1 Å². The normalized spacial score (nSPS) is 21.8. The van der Waals surface area contributed by atoms with Crippen molar-refractivity contribution in [3.63, 3.8) is 0 Å². The van der Waals surface area contributed by atoms with Crippen molar-refractivity contribution in [3.8, 4) is 0 Å². The standard InChI is InChI=1S/C14H29N3O2/c1-5-17(6-2)12-7-9-16(11-12)10-8-13(15-3)14(18)19-4/h12-13,15H,5-11H2,1-4H3. The first-order valence-corrected chi connectivity index (χ1v) is 7.37. The SMILES string of the molecule is CCN(CC)C1CCN(CCC(NC)C(=O)OC)C1. The van der Waals surface area contributed by atoms with E-state index in [9.17, 15) is 4.79 Å². The molecule has 5 heteroatoms. The molecule has 0 aromatic heterocycles. The molecule has 0 radical (unpaired) electrons. The second-order valence-electron chi connectivity index (χ2n) is 5.12. The Kier molecular flexibility index (Phi) is 7.34. The third-order valence-electron chi connectivity index (χ3n) is 4.14. The topological polar surface area (TPSA) is 44.8 Å². The molecule has 2 atom stereocenters. The van der Waals surface area contributed by atoms with Crippen molar-refractivity contribution >= 4 is 5.97 Å². The molecule has 1 aliphatic rings. The Morgan fingerprint density at radius 3 is 2.68 bits per heavy atom. The van der Waals surface area contributed by atoms with E-state index in [-0.39, 0.29) is 12.0 Å². The van der Waals surface area contributed by atoms with Crippen LogP contribution >= 0.6 is 0 Å². The monoisotopic (exact) mass is 271 g/mol. The van der Waals surface area contributed by atoms with Gasteiger partial charge in [0.15, 0.2) is 0 Å². The largest absolute Gasteiger partial charge is 0.468 e. The zero-order valence-corrected chi connectivity index (χ0v) is 12.8. The van der Waals surface area contributed by atoms with Gasteiger partial charge in [0.25, 0.3) is 0 Å². The van der Waals surface area contributed by atoms with Crippen LogP contribution in [0.1, 0.15) is 26.7 Å². The van der Waals surface area contributed by atoms with E-state index in [1.807, 2.05) is 7.05 Å². The number of ether oxygens (including phenoxy) is 1. The Morgan fingerprint density at radius 2 is 2.16 bits per heavy atom. The molecule has 112 valence electrons. The fraction of sp³-hybridized carbons (Fsp3) is 0.929. The van der Waals surface area contributed by atoms with Gasteiger partial charge in [-0.25, -0.2) is 0 Å². The van der Waals surface area contributed by atoms with Crippen LogP contribution in [0.5, 0.6) is 0 Å². The maximum atomic E-state index is 11.5. The van der Waals surface area contributed by atoms with Crippen LogP contribution in [0, 0.1) is 0 Å². The van der Waals surface area contributed by atoms with Crippen LogP contribution < -0.4 is 5.32 Å². The molecule has 2 unspecified atom stereocenters. The zero-order valence-electron chi connectivity index (χ0n) is 12.8. The summed E-state index contributed by atoms with van der Waals surface area (Å²) >= 11 is 0. The zero-order chi connectivity index (χ0) is 14.3. The number of methoxy groups -OCH3 is 1. The van der Waals surface area contributed by atoms with Crippen LogP contribution in [0.3, 0.4) is 0 Å². The van der Waals surface area contributed by atoms with E-state index in [1.54, 1.807) is 0 Å². The van der Waals surface area contributed by atoms with Crippen molar-refractivity contribution in [2.75, 3.05) is 46.9 Å². The fourth-order valence-electron chi connectivity index (χ4n) is 2.89. The molecule has 0 bridgehead atoms. The van der Waals surface area contributed by atoms with Gasteiger partial charge in [0, 0.05) is 19.1 Å². The van der Waals surface area contributed by atoms with E-state index in [2.05, 4.69) is 29.0 Å². The molecule has 19 heavy (non-hydrogen) atoms. The van der Waals surface area contributed by atoms with E-state index in [4.69, 9.17) is 4.74 Å². The third-order valence-corrected chi connectivity index (χ3v) is 4.14. The first-order chi connectivity index (χ1) is 9.15. The summed E-state index contributed by atoms with van der Waals surface area (Å²) in [6, 6.07) is 0.499. The highest BCUT2D eigenvalue weighted by Gasteiger charge is 2.27. The van der Waals surface area contributed by atoms with Crippen LogP contribution in [-0.4, -0.2) is 74.7 Å². The highest BCUT2D eigenvalue weighted by atomic mass is 16.5. The Balaban J connectivity index is 2.33. The average molecular weight is 271 g/mol. The number of hydrogen-bond donors (Lipinski definition) is 1. The number of nitrogens with one attached hydrogen (secondary N) is 1. The number of likely N-dealkylation sites (N-methyl/N-ethyl adjacent to an activating group) is 2. The summed E-state index contributed by atoms with van der Waals surface area (Å²) in [6.45, 7) is 9.91. The van der Waals surface area contributed by atoms with Gasteiger partial charge in [0.05, 0.1) is 7.11 Å². The summed E-state index contributed by atoms with van der Waals surface area (Å²) in [6.07, 6.45) is 2.05. The van der Waals surface area contributed by atoms with Crippen LogP contribution in [0.2, 0.25) is 0 Å². The Bertz CT molecular complexity index is 269. The van der Waals surface area contributed by atoms with Crippen molar-refractivity contribution in [2.24, 2.45) is 0 Å². The summed E-state index contributed by atoms with van der Waals surface area (Å²) in [5.74, 6) is -0.165. The maximum absolute atomic E-state index is 11.5. The van der Waals surface area contributed by atoms with Gasteiger partial charge in [-0.05, 0) is 39.5 Å². The number of rotatable bonds is 8. The number of likely N-dealkylation sites (tertiary alicyclic amines) is 1. The van der Waals surface area contributed by atoms with E-state index in [1.165, 1.54) is 13.5 Å². The van der Waals surface area contributed by atoms with E-state index >= 15 is 0 Å². The summed E-state index contributed by atoms with van der Waals surface area (Å²) < 4.78 is 4.78. The molecule has 1 heterocycles. The van der Waals surface area contributed by atoms with Gasteiger partial charge >= 0.3 is 5.97 Å².